The molecule has 3 heterocycles. The lowest BCUT2D eigenvalue weighted by Gasteiger charge is -2.35. The Balaban J connectivity index is 1.71. The van der Waals surface area contributed by atoms with Crippen molar-refractivity contribution in [2.24, 2.45) is 7.05 Å². The average Bonchev–Trinajstić information content (AvgIpc) is 2.71. The third kappa shape index (κ3) is 3.50. The SMILES string of the molecule is Cn1c(N2CCOC(c3c(F)cccc3Cl)C2)nc(-c2ccncc2)cc1=O. The predicted molar refractivity (Wildman–Crippen MR) is 105 cm³/mol. The number of halogens is 2. The third-order valence-electron chi connectivity index (χ3n) is 4.76. The molecule has 1 saturated heterocycles. The summed E-state index contributed by atoms with van der Waals surface area (Å²) in [5.74, 6) is 0.0896. The molecule has 144 valence electrons. The summed E-state index contributed by atoms with van der Waals surface area (Å²) in [6, 6.07) is 9.65. The van der Waals surface area contributed by atoms with Gasteiger partial charge in [0.2, 0.25) is 5.95 Å². The third-order valence-corrected chi connectivity index (χ3v) is 5.09. The van der Waals surface area contributed by atoms with Crippen LogP contribution in [0.3, 0.4) is 0 Å². The van der Waals surface area contributed by atoms with E-state index in [2.05, 4.69) is 9.97 Å². The van der Waals surface area contributed by atoms with Gasteiger partial charge in [0.05, 0.1) is 18.8 Å². The zero-order chi connectivity index (χ0) is 19.7. The molecule has 28 heavy (non-hydrogen) atoms. The second-order valence-electron chi connectivity index (χ2n) is 6.52. The van der Waals surface area contributed by atoms with E-state index in [1.807, 2.05) is 4.90 Å². The van der Waals surface area contributed by atoms with Crippen LogP contribution in [0.2, 0.25) is 5.02 Å². The Morgan fingerprint density at radius 3 is 2.79 bits per heavy atom. The fraction of sp³-hybridized carbons (Fsp3) is 0.250. The summed E-state index contributed by atoms with van der Waals surface area (Å²) in [7, 11) is 1.67. The monoisotopic (exact) mass is 400 g/mol. The lowest BCUT2D eigenvalue weighted by Crippen LogP contribution is -2.42. The smallest absolute Gasteiger partial charge is 0.255 e. The van der Waals surface area contributed by atoms with Gasteiger partial charge in [-0.15, -0.1) is 0 Å². The van der Waals surface area contributed by atoms with E-state index < -0.39 is 11.9 Å². The molecule has 0 spiro atoms. The normalized spacial score (nSPS) is 17.0. The van der Waals surface area contributed by atoms with Crippen LogP contribution in [-0.4, -0.2) is 34.2 Å². The van der Waals surface area contributed by atoms with E-state index in [1.54, 1.807) is 43.7 Å². The van der Waals surface area contributed by atoms with Crippen LogP contribution in [0.4, 0.5) is 10.3 Å². The number of ether oxygens (including phenoxy) is 1. The predicted octanol–water partition coefficient (Wildman–Crippen LogP) is 3.21. The molecule has 1 aliphatic heterocycles. The Bertz CT molecular complexity index is 1040. The van der Waals surface area contributed by atoms with Crippen LogP contribution < -0.4 is 10.5 Å². The van der Waals surface area contributed by atoms with Crippen molar-refractivity contribution >= 4 is 17.5 Å². The zero-order valence-corrected chi connectivity index (χ0v) is 15.9. The molecule has 0 aliphatic carbocycles. The molecule has 0 bridgehead atoms. The van der Waals surface area contributed by atoms with Crippen LogP contribution in [0.1, 0.15) is 11.7 Å². The fourth-order valence-electron chi connectivity index (χ4n) is 3.30. The van der Waals surface area contributed by atoms with Crippen molar-refractivity contribution in [3.63, 3.8) is 0 Å². The van der Waals surface area contributed by atoms with E-state index in [9.17, 15) is 9.18 Å². The number of nitrogens with zero attached hydrogens (tertiary/aromatic N) is 4. The number of aromatic nitrogens is 3. The molecule has 1 aromatic carbocycles. The number of benzene rings is 1. The highest BCUT2D eigenvalue weighted by Gasteiger charge is 2.28. The highest BCUT2D eigenvalue weighted by Crippen LogP contribution is 2.32. The van der Waals surface area contributed by atoms with Crippen molar-refractivity contribution in [2.75, 3.05) is 24.6 Å². The fourth-order valence-corrected chi connectivity index (χ4v) is 3.59. The molecule has 3 aromatic rings. The van der Waals surface area contributed by atoms with Crippen LogP contribution >= 0.6 is 11.6 Å². The summed E-state index contributed by atoms with van der Waals surface area (Å²) in [5, 5.41) is 0.319. The van der Waals surface area contributed by atoms with Crippen LogP contribution in [0, 0.1) is 5.82 Å². The van der Waals surface area contributed by atoms with Crippen LogP contribution in [-0.2, 0) is 11.8 Å². The van der Waals surface area contributed by atoms with Gasteiger partial charge >= 0.3 is 0 Å². The second kappa shape index (κ2) is 7.69. The Labute approximate surface area is 166 Å². The van der Waals surface area contributed by atoms with Gasteiger partial charge in [-0.25, -0.2) is 9.37 Å². The maximum atomic E-state index is 14.3. The van der Waals surface area contributed by atoms with Crippen LogP contribution in [0.5, 0.6) is 0 Å². The van der Waals surface area contributed by atoms with Crippen molar-refractivity contribution in [3.8, 4) is 11.3 Å². The topological polar surface area (TPSA) is 60.2 Å². The Hall–Kier alpha value is -2.77. The van der Waals surface area contributed by atoms with Crippen LogP contribution in [0.15, 0.2) is 53.6 Å². The van der Waals surface area contributed by atoms with Gasteiger partial charge in [0.25, 0.3) is 5.56 Å². The summed E-state index contributed by atoms with van der Waals surface area (Å²) in [6.45, 7) is 1.23. The van der Waals surface area contributed by atoms with Crippen molar-refractivity contribution < 1.29 is 9.13 Å². The van der Waals surface area contributed by atoms with Crippen molar-refractivity contribution in [3.05, 3.63) is 75.5 Å². The van der Waals surface area contributed by atoms with Gasteiger partial charge in [0.15, 0.2) is 0 Å². The minimum absolute atomic E-state index is 0.177. The lowest BCUT2D eigenvalue weighted by molar-refractivity contribution is 0.0368. The zero-order valence-electron chi connectivity index (χ0n) is 15.2. The van der Waals surface area contributed by atoms with E-state index in [4.69, 9.17) is 16.3 Å². The Morgan fingerprint density at radius 2 is 2.04 bits per heavy atom. The molecule has 2 aromatic heterocycles. The van der Waals surface area contributed by atoms with Gasteiger partial charge in [-0.3, -0.25) is 14.3 Å². The van der Waals surface area contributed by atoms with Crippen molar-refractivity contribution in [1.29, 1.82) is 0 Å². The molecule has 0 N–H and O–H groups in total. The second-order valence-corrected chi connectivity index (χ2v) is 6.92. The molecule has 1 atom stereocenters. The maximum absolute atomic E-state index is 14.3. The van der Waals surface area contributed by atoms with Crippen molar-refractivity contribution in [1.82, 2.24) is 14.5 Å². The van der Waals surface area contributed by atoms with E-state index >= 15 is 0 Å². The first-order valence-corrected chi connectivity index (χ1v) is 9.21. The molecule has 4 rings (SSSR count). The number of hydrogen-bond acceptors (Lipinski definition) is 5. The molecular formula is C20H18ClFN4O2. The standard InChI is InChI=1S/C20H18ClFN4O2/c1-25-18(27)11-16(13-5-7-23-8-6-13)24-20(25)26-9-10-28-17(12-26)19-14(21)3-2-4-15(19)22/h2-8,11,17H,9-10,12H2,1H3. The van der Waals surface area contributed by atoms with Gasteiger partial charge in [-0.05, 0) is 24.3 Å². The summed E-state index contributed by atoms with van der Waals surface area (Å²) in [4.78, 5) is 23.1. The molecule has 1 unspecified atom stereocenters. The number of pyridine rings is 1. The van der Waals surface area contributed by atoms with E-state index in [-0.39, 0.29) is 5.56 Å². The molecule has 1 fully saturated rings. The molecule has 8 heteroatoms. The van der Waals surface area contributed by atoms with Gasteiger partial charge in [0.1, 0.15) is 11.9 Å². The average molecular weight is 401 g/mol. The first-order chi connectivity index (χ1) is 13.5. The van der Waals surface area contributed by atoms with Gasteiger partial charge in [-0.2, -0.15) is 0 Å². The minimum atomic E-state index is -0.552. The molecular weight excluding hydrogens is 383 g/mol. The molecule has 0 saturated carbocycles. The minimum Gasteiger partial charge on any atom is -0.370 e. The number of hydrogen-bond donors (Lipinski definition) is 0. The number of rotatable bonds is 3. The highest BCUT2D eigenvalue weighted by molar-refractivity contribution is 6.31. The number of anilines is 1. The Kier molecular flexibility index (Phi) is 5.11. The summed E-state index contributed by atoms with van der Waals surface area (Å²) in [6.07, 6.45) is 2.75. The van der Waals surface area contributed by atoms with Crippen LogP contribution in [0.25, 0.3) is 11.3 Å². The lowest BCUT2D eigenvalue weighted by atomic mass is 10.1. The van der Waals surface area contributed by atoms with E-state index in [0.29, 0.717) is 41.9 Å². The largest absolute Gasteiger partial charge is 0.370 e. The number of morpholine rings is 1. The molecule has 0 radical (unpaired) electrons. The first-order valence-electron chi connectivity index (χ1n) is 8.83. The first kappa shape index (κ1) is 18.6. The van der Waals surface area contributed by atoms with Gasteiger partial charge in [0, 0.05) is 48.2 Å². The summed E-state index contributed by atoms with van der Waals surface area (Å²) >= 11 is 6.20. The summed E-state index contributed by atoms with van der Waals surface area (Å²) < 4.78 is 21.6. The Morgan fingerprint density at radius 1 is 1.25 bits per heavy atom. The summed E-state index contributed by atoms with van der Waals surface area (Å²) in [5.41, 5.74) is 1.51. The highest BCUT2D eigenvalue weighted by atomic mass is 35.5. The van der Waals surface area contributed by atoms with Crippen molar-refractivity contribution in [2.45, 2.75) is 6.10 Å². The quantitative estimate of drug-likeness (QED) is 0.675. The molecule has 1 aliphatic rings. The van der Waals surface area contributed by atoms with Gasteiger partial charge < -0.3 is 9.64 Å². The molecule has 6 nitrogen and oxygen atoms in total. The van der Waals surface area contributed by atoms with Gasteiger partial charge in [-0.1, -0.05) is 17.7 Å². The van der Waals surface area contributed by atoms with E-state index in [1.165, 1.54) is 16.7 Å². The maximum Gasteiger partial charge on any atom is 0.255 e. The van der Waals surface area contributed by atoms with E-state index in [0.717, 1.165) is 5.56 Å². The molecule has 0 amide bonds.